The van der Waals surface area contributed by atoms with Crippen LogP contribution >= 0.6 is 0 Å². The molecule has 3 N–H and O–H groups in total. The first kappa shape index (κ1) is 19.2. The first-order chi connectivity index (χ1) is 12.6. The lowest BCUT2D eigenvalue weighted by Crippen LogP contribution is -2.24. The number of para-hydroxylation sites is 1. The first-order valence-electron chi connectivity index (χ1n) is 8.55. The van der Waals surface area contributed by atoms with Crippen LogP contribution < -0.4 is 15.8 Å². The van der Waals surface area contributed by atoms with Crippen LogP contribution in [0.4, 0.5) is 5.69 Å². The van der Waals surface area contributed by atoms with Crippen LogP contribution in [0.3, 0.4) is 0 Å². The Hall–Kier alpha value is -3.08. The van der Waals surface area contributed by atoms with E-state index in [9.17, 15) is 9.59 Å². The lowest BCUT2D eigenvalue weighted by molar-refractivity contribution is -0.114. The fraction of sp³-hybridized carbons (Fsp3) is 0.238. The van der Waals surface area contributed by atoms with Crippen molar-refractivity contribution in [2.75, 3.05) is 19.4 Å². The quantitative estimate of drug-likeness (QED) is 0.413. The van der Waals surface area contributed by atoms with E-state index in [0.717, 1.165) is 18.4 Å². The highest BCUT2D eigenvalue weighted by Crippen LogP contribution is 2.12. The molecule has 0 fully saturated rings. The number of ether oxygens (including phenoxy) is 1. The maximum absolute atomic E-state index is 12.0. The van der Waals surface area contributed by atoms with Crippen LogP contribution in [-0.4, -0.2) is 25.3 Å². The third-order valence-corrected chi connectivity index (χ3v) is 3.91. The molecule has 0 heterocycles. The molecular formula is C21H24N2O3. The lowest BCUT2D eigenvalue weighted by atomic mass is 10.1. The molecule has 136 valence electrons. The van der Waals surface area contributed by atoms with E-state index >= 15 is 0 Å². The third-order valence-electron chi connectivity index (χ3n) is 3.91. The zero-order valence-corrected chi connectivity index (χ0v) is 14.9. The molecule has 0 saturated heterocycles. The van der Waals surface area contributed by atoms with E-state index in [1.807, 2.05) is 24.3 Å². The number of carbonyl (C=O) groups excluding carboxylic acids is 2. The number of nitrogen functional groups attached to an aromatic ring is 1. The number of nitrogens with two attached hydrogens (primary N) is 1. The van der Waals surface area contributed by atoms with Crippen LogP contribution in [0.5, 0.6) is 5.75 Å². The molecule has 0 aromatic heterocycles. The molecule has 0 radical (unpaired) electrons. The molecule has 0 bridgehead atoms. The minimum Gasteiger partial charge on any atom is -0.497 e. The monoisotopic (exact) mass is 352 g/mol. The van der Waals surface area contributed by atoms with Gasteiger partial charge in [0.05, 0.1) is 7.11 Å². The zero-order valence-electron chi connectivity index (χ0n) is 14.9. The first-order valence-corrected chi connectivity index (χ1v) is 8.55. The maximum atomic E-state index is 12.0. The molecule has 0 aliphatic carbocycles. The van der Waals surface area contributed by atoms with Crippen LogP contribution in [0.15, 0.2) is 60.7 Å². The summed E-state index contributed by atoms with van der Waals surface area (Å²) in [6, 6.07) is 14.3. The molecule has 26 heavy (non-hydrogen) atoms. The largest absolute Gasteiger partial charge is 0.497 e. The van der Waals surface area contributed by atoms with Crippen molar-refractivity contribution in [3.05, 3.63) is 71.8 Å². The SMILES string of the molecule is COc1ccc(C(=O)NCCC/C=C/C(=O)Cc2ccccc2N)cc1. The molecule has 5 heteroatoms. The molecule has 2 rings (SSSR count). The van der Waals surface area contributed by atoms with E-state index in [1.54, 1.807) is 43.5 Å². The maximum Gasteiger partial charge on any atom is 0.251 e. The molecule has 0 aliphatic rings. The molecule has 0 saturated carbocycles. The van der Waals surface area contributed by atoms with E-state index in [0.29, 0.717) is 30.0 Å². The molecule has 5 nitrogen and oxygen atoms in total. The molecule has 0 unspecified atom stereocenters. The summed E-state index contributed by atoms with van der Waals surface area (Å²) in [5.41, 5.74) is 7.90. The Morgan fingerprint density at radius 1 is 1.12 bits per heavy atom. The molecule has 2 aromatic carbocycles. The van der Waals surface area contributed by atoms with Gasteiger partial charge in [-0.05, 0) is 54.8 Å². The summed E-state index contributed by atoms with van der Waals surface area (Å²) < 4.78 is 5.06. The Balaban J connectivity index is 1.66. The topological polar surface area (TPSA) is 81.4 Å². The Morgan fingerprint density at radius 2 is 1.85 bits per heavy atom. The number of ketones is 1. The van der Waals surface area contributed by atoms with Gasteiger partial charge in [-0.1, -0.05) is 24.3 Å². The summed E-state index contributed by atoms with van der Waals surface area (Å²) in [6.07, 6.45) is 5.20. The highest BCUT2D eigenvalue weighted by atomic mass is 16.5. The van der Waals surface area contributed by atoms with Gasteiger partial charge in [0.25, 0.3) is 5.91 Å². The molecular weight excluding hydrogens is 328 g/mol. The number of rotatable bonds is 9. The number of methoxy groups -OCH3 is 1. The second-order valence-electron chi connectivity index (χ2n) is 5.87. The van der Waals surface area contributed by atoms with Crippen molar-refractivity contribution in [1.82, 2.24) is 5.32 Å². The minimum atomic E-state index is -0.118. The number of hydrogen-bond acceptors (Lipinski definition) is 4. The summed E-state index contributed by atoms with van der Waals surface area (Å²) in [5.74, 6) is 0.617. The second-order valence-corrected chi connectivity index (χ2v) is 5.87. The fourth-order valence-corrected chi connectivity index (χ4v) is 2.42. The van der Waals surface area contributed by atoms with Gasteiger partial charge < -0.3 is 15.8 Å². The standard InChI is InChI=1S/C21H24N2O3/c1-26-19-12-10-16(11-13-19)21(25)23-14-6-2-3-8-18(24)15-17-7-4-5-9-20(17)22/h3-5,7-13H,2,6,14-15,22H2,1H3,(H,23,25)/b8-3+. The summed E-state index contributed by atoms with van der Waals surface area (Å²) in [5, 5.41) is 2.86. The predicted octanol–water partition coefficient (Wildman–Crippen LogP) is 3.16. The van der Waals surface area contributed by atoms with E-state index in [2.05, 4.69) is 5.32 Å². The summed E-state index contributed by atoms with van der Waals surface area (Å²) in [4.78, 5) is 23.9. The van der Waals surface area contributed by atoms with Gasteiger partial charge in [0, 0.05) is 24.2 Å². The average molecular weight is 352 g/mol. The van der Waals surface area contributed by atoms with E-state index in [1.165, 1.54) is 0 Å². The number of amides is 1. The van der Waals surface area contributed by atoms with Crippen LogP contribution in [0, 0.1) is 0 Å². The van der Waals surface area contributed by atoms with Crippen LogP contribution in [-0.2, 0) is 11.2 Å². The number of allylic oxidation sites excluding steroid dienone is 2. The number of hydrogen-bond donors (Lipinski definition) is 2. The van der Waals surface area contributed by atoms with Gasteiger partial charge in [-0.25, -0.2) is 0 Å². The number of nitrogens with one attached hydrogen (secondary N) is 1. The molecule has 0 spiro atoms. The van der Waals surface area contributed by atoms with Crippen LogP contribution in [0.1, 0.15) is 28.8 Å². The highest BCUT2D eigenvalue weighted by molar-refractivity contribution is 5.94. The lowest BCUT2D eigenvalue weighted by Gasteiger charge is -2.05. The van der Waals surface area contributed by atoms with Crippen molar-refractivity contribution in [1.29, 1.82) is 0 Å². The average Bonchev–Trinajstić information content (AvgIpc) is 2.66. The van der Waals surface area contributed by atoms with E-state index < -0.39 is 0 Å². The van der Waals surface area contributed by atoms with Gasteiger partial charge in [-0.3, -0.25) is 9.59 Å². The Kier molecular flexibility index (Phi) is 7.43. The highest BCUT2D eigenvalue weighted by Gasteiger charge is 2.05. The van der Waals surface area contributed by atoms with Crippen molar-refractivity contribution in [2.45, 2.75) is 19.3 Å². The van der Waals surface area contributed by atoms with Gasteiger partial charge >= 0.3 is 0 Å². The summed E-state index contributed by atoms with van der Waals surface area (Å²) >= 11 is 0. The van der Waals surface area contributed by atoms with Gasteiger partial charge in [-0.15, -0.1) is 0 Å². The van der Waals surface area contributed by atoms with Gasteiger partial charge in [0.15, 0.2) is 5.78 Å². The molecule has 0 atom stereocenters. The van der Waals surface area contributed by atoms with E-state index in [4.69, 9.17) is 10.5 Å². The minimum absolute atomic E-state index is 0.0187. The van der Waals surface area contributed by atoms with Crippen molar-refractivity contribution >= 4 is 17.4 Å². The normalized spacial score (nSPS) is 10.7. The van der Waals surface area contributed by atoms with Gasteiger partial charge in [-0.2, -0.15) is 0 Å². The fourth-order valence-electron chi connectivity index (χ4n) is 2.42. The van der Waals surface area contributed by atoms with Crippen molar-refractivity contribution < 1.29 is 14.3 Å². The van der Waals surface area contributed by atoms with E-state index in [-0.39, 0.29) is 11.7 Å². The Labute approximate surface area is 153 Å². The van der Waals surface area contributed by atoms with Crippen molar-refractivity contribution in [2.24, 2.45) is 0 Å². The van der Waals surface area contributed by atoms with Crippen LogP contribution in [0.2, 0.25) is 0 Å². The number of benzene rings is 2. The zero-order chi connectivity index (χ0) is 18.8. The Morgan fingerprint density at radius 3 is 2.54 bits per heavy atom. The third kappa shape index (κ3) is 6.09. The van der Waals surface area contributed by atoms with Crippen molar-refractivity contribution in [3.8, 4) is 5.75 Å². The predicted molar refractivity (Wildman–Crippen MR) is 103 cm³/mol. The molecule has 1 amide bonds. The number of carbonyl (C=O) groups is 2. The smallest absolute Gasteiger partial charge is 0.251 e. The van der Waals surface area contributed by atoms with Gasteiger partial charge in [0.2, 0.25) is 0 Å². The Bertz CT molecular complexity index is 767. The molecule has 2 aromatic rings. The van der Waals surface area contributed by atoms with Gasteiger partial charge in [0.1, 0.15) is 5.75 Å². The number of unbranched alkanes of at least 4 members (excludes halogenated alkanes) is 1. The summed E-state index contributed by atoms with van der Waals surface area (Å²) in [7, 11) is 1.59. The van der Waals surface area contributed by atoms with Crippen LogP contribution in [0.25, 0.3) is 0 Å². The second kappa shape index (κ2) is 10.0. The van der Waals surface area contributed by atoms with Crippen molar-refractivity contribution in [3.63, 3.8) is 0 Å². The molecule has 0 aliphatic heterocycles. The number of anilines is 1. The summed E-state index contributed by atoms with van der Waals surface area (Å²) in [6.45, 7) is 0.551.